The summed E-state index contributed by atoms with van der Waals surface area (Å²) in [7, 11) is -3.31. The third-order valence-electron chi connectivity index (χ3n) is 4.53. The summed E-state index contributed by atoms with van der Waals surface area (Å²) < 4.78 is 42.8. The highest BCUT2D eigenvalue weighted by Crippen LogP contribution is 2.38. The SMILES string of the molecule is CS(=O)(=O)c1ccc(-c2sc(COc3cc(Cl)cc(Cl)c3)nc2-c2ccc(F)cc2)cc1. The quantitative estimate of drug-likeness (QED) is 0.284. The number of sulfone groups is 1. The van der Waals surface area contributed by atoms with Crippen molar-refractivity contribution in [3.63, 3.8) is 0 Å². The maximum absolute atomic E-state index is 13.4. The molecule has 1 heterocycles. The van der Waals surface area contributed by atoms with Gasteiger partial charge in [-0.3, -0.25) is 0 Å². The van der Waals surface area contributed by atoms with Crippen molar-refractivity contribution in [3.05, 3.63) is 87.6 Å². The standard InChI is InChI=1S/C23H16Cl2FNO3S2/c1-32(28,29)20-8-4-15(5-9-20)23-22(14-2-6-18(26)7-3-14)27-21(31-23)13-30-19-11-16(24)10-17(25)12-19/h2-12H,13H2,1H3. The first-order valence-electron chi connectivity index (χ1n) is 9.34. The Hall–Kier alpha value is -2.45. The van der Waals surface area contributed by atoms with Crippen LogP contribution in [0.3, 0.4) is 0 Å². The second-order valence-electron chi connectivity index (χ2n) is 6.98. The van der Waals surface area contributed by atoms with Crippen LogP contribution in [0.1, 0.15) is 5.01 Å². The third-order valence-corrected chi connectivity index (χ3v) is 7.17. The molecule has 9 heteroatoms. The summed E-state index contributed by atoms with van der Waals surface area (Å²) in [6.07, 6.45) is 1.16. The minimum Gasteiger partial charge on any atom is -0.486 e. The Balaban J connectivity index is 1.70. The van der Waals surface area contributed by atoms with E-state index in [0.717, 1.165) is 22.3 Å². The molecule has 0 radical (unpaired) electrons. The largest absolute Gasteiger partial charge is 0.486 e. The van der Waals surface area contributed by atoms with E-state index in [9.17, 15) is 12.8 Å². The van der Waals surface area contributed by atoms with E-state index in [1.165, 1.54) is 23.5 Å². The van der Waals surface area contributed by atoms with Crippen LogP contribution >= 0.6 is 34.5 Å². The Labute approximate surface area is 199 Å². The van der Waals surface area contributed by atoms with E-state index < -0.39 is 9.84 Å². The van der Waals surface area contributed by atoms with Crippen LogP contribution in [0.15, 0.2) is 71.6 Å². The van der Waals surface area contributed by atoms with E-state index in [1.54, 1.807) is 54.6 Å². The van der Waals surface area contributed by atoms with Gasteiger partial charge in [0.1, 0.15) is 23.2 Å². The van der Waals surface area contributed by atoms with Crippen molar-refractivity contribution < 1.29 is 17.5 Å². The molecule has 0 aliphatic rings. The molecule has 4 nitrogen and oxygen atoms in total. The van der Waals surface area contributed by atoms with Crippen molar-refractivity contribution in [2.24, 2.45) is 0 Å². The van der Waals surface area contributed by atoms with Crippen molar-refractivity contribution in [1.29, 1.82) is 0 Å². The molecule has 0 spiro atoms. The van der Waals surface area contributed by atoms with Gasteiger partial charge in [0.05, 0.1) is 15.5 Å². The number of halogens is 3. The number of hydrogen-bond donors (Lipinski definition) is 0. The van der Waals surface area contributed by atoms with Gasteiger partial charge in [0.15, 0.2) is 9.84 Å². The molecule has 0 amide bonds. The molecule has 32 heavy (non-hydrogen) atoms. The monoisotopic (exact) mass is 507 g/mol. The van der Waals surface area contributed by atoms with Gasteiger partial charge < -0.3 is 4.74 Å². The van der Waals surface area contributed by atoms with Gasteiger partial charge in [-0.15, -0.1) is 11.3 Å². The average Bonchev–Trinajstić information content (AvgIpc) is 3.16. The van der Waals surface area contributed by atoms with Gasteiger partial charge in [-0.2, -0.15) is 0 Å². The Bertz CT molecular complexity index is 1350. The van der Waals surface area contributed by atoms with Crippen LogP contribution in [-0.2, 0) is 16.4 Å². The first-order valence-corrected chi connectivity index (χ1v) is 12.8. The smallest absolute Gasteiger partial charge is 0.175 e. The van der Waals surface area contributed by atoms with E-state index in [4.69, 9.17) is 32.9 Å². The van der Waals surface area contributed by atoms with Gasteiger partial charge in [0.2, 0.25) is 0 Å². The molecule has 4 aromatic rings. The maximum Gasteiger partial charge on any atom is 0.175 e. The van der Waals surface area contributed by atoms with E-state index in [0.29, 0.717) is 26.5 Å². The number of ether oxygens (including phenoxy) is 1. The fraction of sp³-hybridized carbons (Fsp3) is 0.0870. The lowest BCUT2D eigenvalue weighted by Crippen LogP contribution is -1.96. The predicted octanol–water partition coefficient (Wildman–Crippen LogP) is 6.91. The second-order valence-corrected chi connectivity index (χ2v) is 11.0. The van der Waals surface area contributed by atoms with E-state index >= 15 is 0 Å². The van der Waals surface area contributed by atoms with E-state index in [1.807, 2.05) is 0 Å². The second kappa shape index (κ2) is 9.19. The molecule has 0 atom stereocenters. The number of aromatic nitrogens is 1. The Kier molecular flexibility index (Phi) is 6.53. The lowest BCUT2D eigenvalue weighted by molar-refractivity contribution is 0.305. The Morgan fingerprint density at radius 1 is 0.938 bits per heavy atom. The summed E-state index contributed by atoms with van der Waals surface area (Å²) in [6, 6.07) is 17.6. The molecular weight excluding hydrogens is 492 g/mol. The van der Waals surface area contributed by atoms with Crippen LogP contribution in [0.5, 0.6) is 5.75 Å². The highest BCUT2D eigenvalue weighted by atomic mass is 35.5. The predicted molar refractivity (Wildman–Crippen MR) is 127 cm³/mol. The van der Waals surface area contributed by atoms with Crippen molar-refractivity contribution in [1.82, 2.24) is 4.98 Å². The molecule has 0 aliphatic carbocycles. The molecule has 0 unspecified atom stereocenters. The van der Waals surface area contributed by atoms with Gasteiger partial charge in [0.25, 0.3) is 0 Å². The molecule has 0 N–H and O–H groups in total. The molecule has 4 rings (SSSR count). The van der Waals surface area contributed by atoms with Crippen LogP contribution in [-0.4, -0.2) is 19.7 Å². The molecule has 0 saturated heterocycles. The zero-order chi connectivity index (χ0) is 22.9. The van der Waals surface area contributed by atoms with E-state index in [2.05, 4.69) is 0 Å². The molecule has 0 saturated carbocycles. The summed E-state index contributed by atoms with van der Waals surface area (Å²) in [6.45, 7) is 0.178. The number of nitrogens with zero attached hydrogens (tertiary/aromatic N) is 1. The highest BCUT2D eigenvalue weighted by Gasteiger charge is 2.17. The summed E-state index contributed by atoms with van der Waals surface area (Å²) in [5.41, 5.74) is 2.19. The lowest BCUT2D eigenvalue weighted by atomic mass is 10.1. The molecule has 0 fully saturated rings. The normalized spacial score (nSPS) is 11.5. The summed E-state index contributed by atoms with van der Waals surface area (Å²) in [4.78, 5) is 5.76. The Morgan fingerprint density at radius 3 is 2.12 bits per heavy atom. The number of benzene rings is 3. The minimum atomic E-state index is -3.31. The van der Waals surface area contributed by atoms with Gasteiger partial charge in [-0.1, -0.05) is 35.3 Å². The van der Waals surface area contributed by atoms with Gasteiger partial charge in [0, 0.05) is 21.9 Å². The van der Waals surface area contributed by atoms with Gasteiger partial charge in [-0.05, 0) is 60.2 Å². The maximum atomic E-state index is 13.4. The van der Waals surface area contributed by atoms with E-state index in [-0.39, 0.29) is 17.3 Å². The number of hydrogen-bond acceptors (Lipinski definition) is 5. The summed E-state index contributed by atoms with van der Waals surface area (Å²) in [5, 5.41) is 1.61. The molecule has 0 bridgehead atoms. The first kappa shape index (κ1) is 22.7. The topological polar surface area (TPSA) is 56.3 Å². The Morgan fingerprint density at radius 2 is 1.53 bits per heavy atom. The van der Waals surface area contributed by atoms with Crippen molar-refractivity contribution in [3.8, 4) is 27.4 Å². The highest BCUT2D eigenvalue weighted by molar-refractivity contribution is 7.90. The van der Waals surface area contributed by atoms with Crippen LogP contribution in [0.2, 0.25) is 10.0 Å². The van der Waals surface area contributed by atoms with Crippen molar-refractivity contribution in [2.45, 2.75) is 11.5 Å². The number of rotatable bonds is 6. The van der Waals surface area contributed by atoms with Crippen LogP contribution in [0, 0.1) is 5.82 Å². The fourth-order valence-corrected chi connectivity index (χ4v) is 5.18. The molecular formula is C23H16Cl2FNO3S2. The third kappa shape index (κ3) is 5.30. The first-order chi connectivity index (χ1) is 15.2. The van der Waals surface area contributed by atoms with Gasteiger partial charge >= 0.3 is 0 Å². The van der Waals surface area contributed by atoms with Crippen molar-refractivity contribution >= 4 is 44.4 Å². The minimum absolute atomic E-state index is 0.178. The van der Waals surface area contributed by atoms with Crippen LogP contribution in [0.25, 0.3) is 21.7 Å². The molecule has 1 aromatic heterocycles. The number of thiazole rings is 1. The van der Waals surface area contributed by atoms with Gasteiger partial charge in [-0.25, -0.2) is 17.8 Å². The molecule has 3 aromatic carbocycles. The van der Waals surface area contributed by atoms with Crippen LogP contribution in [0.4, 0.5) is 4.39 Å². The average molecular weight is 508 g/mol. The summed E-state index contributed by atoms with van der Waals surface area (Å²) in [5.74, 6) is 0.171. The zero-order valence-electron chi connectivity index (χ0n) is 16.7. The summed E-state index contributed by atoms with van der Waals surface area (Å²) >= 11 is 13.5. The molecule has 0 aliphatic heterocycles. The zero-order valence-corrected chi connectivity index (χ0v) is 19.8. The fourth-order valence-electron chi connectivity index (χ4n) is 3.04. The van der Waals surface area contributed by atoms with Crippen LogP contribution < -0.4 is 4.74 Å². The lowest BCUT2D eigenvalue weighted by Gasteiger charge is -2.05. The molecule has 164 valence electrons. The van der Waals surface area contributed by atoms with Crippen molar-refractivity contribution in [2.75, 3.05) is 6.26 Å².